The van der Waals surface area contributed by atoms with Gasteiger partial charge in [0, 0.05) is 6.21 Å². The number of hydrogen-bond acceptors (Lipinski definition) is 3. The highest BCUT2D eigenvalue weighted by atomic mass is 16.2. The molecule has 0 aliphatic heterocycles. The van der Waals surface area contributed by atoms with Crippen LogP contribution in [0.3, 0.4) is 0 Å². The lowest BCUT2D eigenvalue weighted by Crippen LogP contribution is -2.46. The number of nitrogens with one attached hydrogen (secondary N) is 2. The summed E-state index contributed by atoms with van der Waals surface area (Å²) in [6.45, 7) is 1.87. The molecular formula is C19H23N3O. The average molecular weight is 309 g/mol. The molecule has 1 amide bonds. The van der Waals surface area contributed by atoms with Crippen LogP contribution in [-0.2, 0) is 11.2 Å². The first-order chi connectivity index (χ1) is 11.1. The molecule has 0 heterocycles. The molecular weight excluding hydrogens is 286 g/mol. The van der Waals surface area contributed by atoms with Crippen LogP contribution in [0.15, 0.2) is 54.6 Å². The van der Waals surface area contributed by atoms with Crippen LogP contribution in [-0.4, -0.2) is 24.2 Å². The number of rotatable bonds is 7. The van der Waals surface area contributed by atoms with Crippen molar-refractivity contribution in [3.8, 4) is 11.1 Å². The van der Waals surface area contributed by atoms with Gasteiger partial charge < -0.3 is 16.5 Å². The molecule has 0 spiro atoms. The predicted octanol–water partition coefficient (Wildman–Crippen LogP) is 2.77. The lowest BCUT2D eigenvalue weighted by atomic mass is 10.0. The first-order valence-corrected chi connectivity index (χ1v) is 7.85. The highest BCUT2D eigenvalue weighted by Crippen LogP contribution is 2.19. The first-order valence-electron chi connectivity index (χ1n) is 7.85. The van der Waals surface area contributed by atoms with Crippen LogP contribution in [0.5, 0.6) is 0 Å². The molecule has 0 bridgehead atoms. The molecule has 0 saturated carbocycles. The van der Waals surface area contributed by atoms with Crippen LogP contribution >= 0.6 is 0 Å². The van der Waals surface area contributed by atoms with E-state index in [1.54, 1.807) is 0 Å². The molecule has 4 nitrogen and oxygen atoms in total. The second-order valence-electron chi connectivity index (χ2n) is 5.56. The van der Waals surface area contributed by atoms with Gasteiger partial charge in [0.25, 0.3) is 0 Å². The van der Waals surface area contributed by atoms with Crippen molar-refractivity contribution in [2.75, 3.05) is 0 Å². The second kappa shape index (κ2) is 8.25. The fourth-order valence-electron chi connectivity index (χ4n) is 2.34. The maximum atomic E-state index is 11.8. The van der Waals surface area contributed by atoms with E-state index < -0.39 is 6.04 Å². The zero-order valence-electron chi connectivity index (χ0n) is 13.3. The van der Waals surface area contributed by atoms with Gasteiger partial charge in [-0.25, -0.2) is 0 Å². The molecule has 120 valence electrons. The highest BCUT2D eigenvalue weighted by molar-refractivity contribution is 5.84. The molecule has 0 saturated heterocycles. The summed E-state index contributed by atoms with van der Waals surface area (Å²) >= 11 is 0. The quantitative estimate of drug-likeness (QED) is 0.688. The summed E-state index contributed by atoms with van der Waals surface area (Å²) in [7, 11) is 0. The Balaban J connectivity index is 2.01. The van der Waals surface area contributed by atoms with E-state index in [4.69, 9.17) is 11.1 Å². The third-order valence-electron chi connectivity index (χ3n) is 3.82. The van der Waals surface area contributed by atoms with Gasteiger partial charge in [-0.3, -0.25) is 4.79 Å². The van der Waals surface area contributed by atoms with E-state index in [9.17, 15) is 4.79 Å². The van der Waals surface area contributed by atoms with Crippen molar-refractivity contribution in [3.05, 3.63) is 60.2 Å². The Hall–Kier alpha value is -2.46. The third-order valence-corrected chi connectivity index (χ3v) is 3.82. The molecule has 0 radical (unpaired) electrons. The van der Waals surface area contributed by atoms with Gasteiger partial charge in [-0.15, -0.1) is 0 Å². The van der Waals surface area contributed by atoms with Crippen molar-refractivity contribution in [3.63, 3.8) is 0 Å². The molecule has 23 heavy (non-hydrogen) atoms. The minimum Gasteiger partial charge on any atom is -0.347 e. The number of hydrogen-bond donors (Lipinski definition) is 3. The predicted molar refractivity (Wildman–Crippen MR) is 94.6 cm³/mol. The Bertz CT molecular complexity index is 637. The summed E-state index contributed by atoms with van der Waals surface area (Å²) in [4.78, 5) is 11.8. The zero-order valence-corrected chi connectivity index (χ0v) is 13.3. The number of benzene rings is 2. The largest absolute Gasteiger partial charge is 0.347 e. The Morgan fingerprint density at radius 1 is 1.13 bits per heavy atom. The molecule has 4 heteroatoms. The molecule has 2 atom stereocenters. The lowest BCUT2D eigenvalue weighted by Gasteiger charge is -2.17. The summed E-state index contributed by atoms with van der Waals surface area (Å²) in [6, 6.07) is 17.5. The van der Waals surface area contributed by atoms with Gasteiger partial charge in [0.1, 0.15) is 0 Å². The fraction of sp³-hybridized carbons (Fsp3) is 0.263. The van der Waals surface area contributed by atoms with Crippen molar-refractivity contribution in [1.82, 2.24) is 5.32 Å². The standard InChI is InChI=1S/C19H23N3O/c1-2-18(21)19(23)22-17(13-20)12-14-8-10-16(11-9-14)15-6-4-3-5-7-15/h3-11,13,17-18,20H,2,12,21H2,1H3,(H,22,23)/t17-,18-/m0/s1. The molecule has 2 rings (SSSR count). The van der Waals surface area contributed by atoms with E-state index in [1.807, 2.05) is 37.3 Å². The van der Waals surface area contributed by atoms with Gasteiger partial charge in [-0.1, -0.05) is 61.5 Å². The molecule has 4 N–H and O–H groups in total. The van der Waals surface area contributed by atoms with E-state index in [0.29, 0.717) is 12.8 Å². The van der Waals surface area contributed by atoms with Crippen molar-refractivity contribution in [2.45, 2.75) is 31.8 Å². The van der Waals surface area contributed by atoms with Crippen molar-refractivity contribution in [1.29, 1.82) is 5.41 Å². The SMILES string of the molecule is CC[C@H](N)C(=O)N[C@H](C=N)Cc1ccc(-c2ccccc2)cc1. The van der Waals surface area contributed by atoms with Gasteiger partial charge in [0.2, 0.25) is 5.91 Å². The van der Waals surface area contributed by atoms with Gasteiger partial charge >= 0.3 is 0 Å². The Morgan fingerprint density at radius 3 is 2.30 bits per heavy atom. The van der Waals surface area contributed by atoms with E-state index in [-0.39, 0.29) is 11.9 Å². The molecule has 2 aromatic rings. The highest BCUT2D eigenvalue weighted by Gasteiger charge is 2.15. The van der Waals surface area contributed by atoms with Gasteiger partial charge in [0.15, 0.2) is 0 Å². The Morgan fingerprint density at radius 2 is 1.74 bits per heavy atom. The third kappa shape index (κ3) is 4.76. The number of carbonyl (C=O) groups is 1. The Kier molecular flexibility index (Phi) is 6.06. The van der Waals surface area contributed by atoms with Gasteiger partial charge in [0.05, 0.1) is 12.1 Å². The summed E-state index contributed by atoms with van der Waals surface area (Å²) < 4.78 is 0. The van der Waals surface area contributed by atoms with Crippen molar-refractivity contribution >= 4 is 12.1 Å². The Labute approximate surface area is 137 Å². The van der Waals surface area contributed by atoms with Gasteiger partial charge in [-0.2, -0.15) is 0 Å². The molecule has 2 aromatic carbocycles. The number of amides is 1. The smallest absolute Gasteiger partial charge is 0.237 e. The molecule has 0 fully saturated rings. The van der Waals surface area contributed by atoms with Crippen molar-refractivity contribution in [2.24, 2.45) is 5.73 Å². The van der Waals surface area contributed by atoms with Gasteiger partial charge in [-0.05, 0) is 29.5 Å². The van der Waals surface area contributed by atoms with Crippen LogP contribution in [0.2, 0.25) is 0 Å². The van der Waals surface area contributed by atoms with E-state index >= 15 is 0 Å². The minimum atomic E-state index is -0.516. The van der Waals surface area contributed by atoms with E-state index in [0.717, 1.165) is 11.1 Å². The number of carbonyl (C=O) groups excluding carboxylic acids is 1. The first kappa shape index (κ1) is 16.9. The fourth-order valence-corrected chi connectivity index (χ4v) is 2.34. The summed E-state index contributed by atoms with van der Waals surface area (Å²) in [5.74, 6) is -0.207. The lowest BCUT2D eigenvalue weighted by molar-refractivity contribution is -0.122. The van der Waals surface area contributed by atoms with Crippen LogP contribution in [0.1, 0.15) is 18.9 Å². The summed E-state index contributed by atoms with van der Waals surface area (Å²) in [6.07, 6.45) is 2.43. The van der Waals surface area contributed by atoms with Crippen LogP contribution < -0.4 is 11.1 Å². The van der Waals surface area contributed by atoms with Crippen LogP contribution in [0.25, 0.3) is 11.1 Å². The topological polar surface area (TPSA) is 79.0 Å². The number of nitrogens with two attached hydrogens (primary N) is 1. The average Bonchev–Trinajstić information content (AvgIpc) is 2.61. The second-order valence-corrected chi connectivity index (χ2v) is 5.56. The molecule has 0 aromatic heterocycles. The zero-order chi connectivity index (χ0) is 16.7. The maximum absolute atomic E-state index is 11.8. The minimum absolute atomic E-state index is 0.207. The normalized spacial score (nSPS) is 13.1. The summed E-state index contributed by atoms with van der Waals surface area (Å²) in [5.41, 5.74) is 9.10. The maximum Gasteiger partial charge on any atom is 0.237 e. The van der Waals surface area contributed by atoms with E-state index in [1.165, 1.54) is 11.8 Å². The van der Waals surface area contributed by atoms with Crippen LogP contribution in [0.4, 0.5) is 0 Å². The monoisotopic (exact) mass is 309 g/mol. The van der Waals surface area contributed by atoms with Crippen molar-refractivity contribution < 1.29 is 4.79 Å². The van der Waals surface area contributed by atoms with Crippen LogP contribution in [0, 0.1) is 5.41 Å². The molecule has 0 aliphatic carbocycles. The molecule has 0 unspecified atom stereocenters. The molecule has 0 aliphatic rings. The van der Waals surface area contributed by atoms with E-state index in [2.05, 4.69) is 29.6 Å². The summed E-state index contributed by atoms with van der Waals surface area (Å²) in [5, 5.41) is 10.3.